The van der Waals surface area contributed by atoms with Crippen molar-refractivity contribution in [1.82, 2.24) is 0 Å². The van der Waals surface area contributed by atoms with E-state index in [4.69, 9.17) is 0 Å². The molecule has 0 unspecified atom stereocenters. The molecule has 0 spiro atoms. The van der Waals surface area contributed by atoms with Crippen LogP contribution in [0.5, 0.6) is 0 Å². The Balaban J connectivity index is 1.22. The summed E-state index contributed by atoms with van der Waals surface area (Å²) < 4.78 is 0. The molecule has 0 saturated heterocycles. The zero-order chi connectivity index (χ0) is 55.7. The van der Waals surface area contributed by atoms with E-state index in [1.54, 1.807) is 0 Å². The Kier molecular flexibility index (Phi) is 17.2. The first-order valence-corrected chi connectivity index (χ1v) is 31.1. The average molecular weight is 1060 g/mol. The number of fused-ring (bicyclic) bond motifs is 3. The highest BCUT2D eigenvalue weighted by Gasteiger charge is 2.43. The second kappa shape index (κ2) is 25.3. The topological polar surface area (TPSA) is 0 Å². The van der Waals surface area contributed by atoms with Crippen molar-refractivity contribution < 1.29 is 0 Å². The fraction of sp³-hybridized carbons (Fsp3) is 0.259. The van der Waals surface area contributed by atoms with Crippen LogP contribution in [0.3, 0.4) is 0 Å². The molecule has 10 aromatic rings. The van der Waals surface area contributed by atoms with Gasteiger partial charge in [0.15, 0.2) is 0 Å². The molecular weight excluding hydrogens is 973 g/mol. The third-order valence-electron chi connectivity index (χ3n) is 18.1. The third-order valence-corrected chi connectivity index (χ3v) is 18.1. The maximum absolute atomic E-state index is 2.73. The minimum atomic E-state index is -0.170. The molecule has 0 nitrogen and oxygen atoms in total. The van der Waals surface area contributed by atoms with Gasteiger partial charge in [-0.2, -0.15) is 0 Å². The van der Waals surface area contributed by atoms with Crippen LogP contribution in [0.15, 0.2) is 218 Å². The summed E-state index contributed by atoms with van der Waals surface area (Å²) in [4.78, 5) is 0. The van der Waals surface area contributed by atoms with Crippen LogP contribution in [0, 0.1) is 0 Å². The molecule has 1 aliphatic carbocycles. The van der Waals surface area contributed by atoms with Crippen LogP contribution >= 0.6 is 0 Å². The first kappa shape index (κ1) is 55.1. The lowest BCUT2D eigenvalue weighted by Crippen LogP contribution is -2.26. The Hall–Kier alpha value is -7.80. The molecule has 0 bridgehead atoms. The van der Waals surface area contributed by atoms with Gasteiger partial charge in [-0.1, -0.05) is 299 Å². The molecule has 0 fully saturated rings. The van der Waals surface area contributed by atoms with Gasteiger partial charge in [0.05, 0.1) is 0 Å². The highest BCUT2D eigenvalue weighted by atomic mass is 14.5. The van der Waals surface area contributed by atoms with E-state index in [1.165, 1.54) is 185 Å². The molecule has 0 heterocycles. The Morgan fingerprint density at radius 3 is 0.691 bits per heavy atom. The molecule has 406 valence electrons. The lowest BCUT2D eigenvalue weighted by Gasteiger charge is -2.34. The number of rotatable bonds is 22. The van der Waals surface area contributed by atoms with E-state index in [0.717, 1.165) is 38.5 Å². The maximum Gasteiger partial charge on any atom is 0.0215 e. The van der Waals surface area contributed by atoms with Crippen LogP contribution in [-0.4, -0.2) is 0 Å². The van der Waals surface area contributed by atoms with Crippen molar-refractivity contribution in [3.05, 3.63) is 252 Å². The molecule has 0 radical (unpaired) electrons. The van der Waals surface area contributed by atoms with E-state index in [0.29, 0.717) is 0 Å². The molecular formula is C81H82. The molecule has 0 aliphatic heterocycles. The fourth-order valence-electron chi connectivity index (χ4n) is 14.5. The van der Waals surface area contributed by atoms with E-state index >= 15 is 0 Å². The van der Waals surface area contributed by atoms with Gasteiger partial charge >= 0.3 is 0 Å². The molecule has 1 aliphatic rings. The van der Waals surface area contributed by atoms with E-state index in [-0.39, 0.29) is 5.41 Å². The molecule has 11 rings (SSSR count). The van der Waals surface area contributed by atoms with Gasteiger partial charge in [-0.25, -0.2) is 0 Å². The zero-order valence-electron chi connectivity index (χ0n) is 49.2. The van der Waals surface area contributed by atoms with Gasteiger partial charge in [0.1, 0.15) is 0 Å². The summed E-state index contributed by atoms with van der Waals surface area (Å²) in [6.45, 7) is 14.3. The second-order valence-electron chi connectivity index (χ2n) is 22.7. The number of benzene rings is 10. The molecule has 0 saturated carbocycles. The molecule has 0 aromatic heterocycles. The standard InChI is InChI=1S/C81H82/c1-7-13-15-35-53-81(54-36-16-14-8-2)71-55-63(79-67(11-5)75(59-41-27-19-28-42-59)73(57-37-23-17-24-38-57)65(9-3)77(79)61-45-31-21-32-46-61)49-51-69(71)70-52-50-64(56-72(70)81)80-68(12-6)76(60-43-29-20-30-44-60)74(58-39-25-18-26-40-58)66(10-4)78(80)62-47-33-22-34-48-62/h17-34,37-52,55-56H,7-16,35-36,53-54H2,1-6H3. The number of unbranched alkanes of at least 4 members (excludes halogenated alkanes) is 6. The predicted molar refractivity (Wildman–Crippen MR) is 351 cm³/mol. The van der Waals surface area contributed by atoms with Crippen LogP contribution in [0.2, 0.25) is 0 Å². The van der Waals surface area contributed by atoms with Gasteiger partial charge < -0.3 is 0 Å². The number of hydrogen-bond donors (Lipinski definition) is 0. The van der Waals surface area contributed by atoms with Crippen LogP contribution < -0.4 is 0 Å². The lowest BCUT2D eigenvalue weighted by atomic mass is 9.69. The molecule has 0 heteroatoms. The normalized spacial score (nSPS) is 12.4. The smallest absolute Gasteiger partial charge is 0.0215 e. The molecule has 10 aromatic carbocycles. The summed E-state index contributed by atoms with van der Waals surface area (Å²) in [7, 11) is 0. The van der Waals surface area contributed by atoms with E-state index in [9.17, 15) is 0 Å². The number of hydrogen-bond acceptors (Lipinski definition) is 0. The Bertz CT molecular complexity index is 3470. The Labute approximate surface area is 486 Å². The van der Waals surface area contributed by atoms with Gasteiger partial charge in [-0.3, -0.25) is 0 Å². The first-order chi connectivity index (χ1) is 40.0. The summed E-state index contributed by atoms with van der Waals surface area (Å²) in [6, 6.07) is 83.4. The van der Waals surface area contributed by atoms with Crippen molar-refractivity contribution in [2.45, 2.75) is 137 Å². The SMILES string of the molecule is CCCCCCC1(CCCCCC)c2cc(-c3c(CC)c(-c4ccccc4)c(-c4ccccc4)c(CC)c3-c3ccccc3)ccc2-c2ccc(-c3c(CC)c(-c4ccccc4)c(-c4ccccc4)c(CC)c3-c3ccccc3)cc21. The zero-order valence-corrected chi connectivity index (χ0v) is 49.2. The van der Waals surface area contributed by atoms with Crippen molar-refractivity contribution in [3.8, 4) is 100 Å². The van der Waals surface area contributed by atoms with Crippen LogP contribution in [0.25, 0.3) is 100 Å². The quantitative estimate of drug-likeness (QED) is 0.0594. The molecule has 0 atom stereocenters. The Morgan fingerprint density at radius 2 is 0.469 bits per heavy atom. The van der Waals surface area contributed by atoms with Crippen LogP contribution in [0.1, 0.15) is 139 Å². The van der Waals surface area contributed by atoms with Crippen molar-refractivity contribution in [2.75, 3.05) is 0 Å². The van der Waals surface area contributed by atoms with Crippen LogP contribution in [0.4, 0.5) is 0 Å². The summed E-state index contributed by atoms with van der Waals surface area (Å²) in [5.41, 5.74) is 32.8. The van der Waals surface area contributed by atoms with Gasteiger partial charge in [-0.05, 0) is 184 Å². The summed E-state index contributed by atoms with van der Waals surface area (Å²) in [6.07, 6.45) is 15.8. The summed E-state index contributed by atoms with van der Waals surface area (Å²) >= 11 is 0. The van der Waals surface area contributed by atoms with E-state index < -0.39 is 0 Å². The maximum atomic E-state index is 2.73. The Morgan fingerprint density at radius 1 is 0.235 bits per heavy atom. The molecule has 0 N–H and O–H groups in total. The van der Waals surface area contributed by atoms with Gasteiger partial charge in [0.2, 0.25) is 0 Å². The summed E-state index contributed by atoms with van der Waals surface area (Å²) in [5, 5.41) is 0. The van der Waals surface area contributed by atoms with Crippen molar-refractivity contribution in [3.63, 3.8) is 0 Å². The van der Waals surface area contributed by atoms with Gasteiger partial charge in [0, 0.05) is 5.41 Å². The average Bonchev–Trinajstić information content (AvgIpc) is 3.94. The van der Waals surface area contributed by atoms with Gasteiger partial charge in [0.25, 0.3) is 0 Å². The lowest BCUT2D eigenvalue weighted by molar-refractivity contribution is 0.401. The largest absolute Gasteiger partial charge is 0.0654 e. The van der Waals surface area contributed by atoms with Gasteiger partial charge in [-0.15, -0.1) is 0 Å². The third kappa shape index (κ3) is 10.5. The van der Waals surface area contributed by atoms with E-state index in [2.05, 4.69) is 260 Å². The highest BCUT2D eigenvalue weighted by molar-refractivity contribution is 6.04. The van der Waals surface area contributed by atoms with Crippen molar-refractivity contribution >= 4 is 0 Å². The van der Waals surface area contributed by atoms with Crippen molar-refractivity contribution in [2.24, 2.45) is 0 Å². The van der Waals surface area contributed by atoms with E-state index in [1.807, 2.05) is 0 Å². The highest BCUT2D eigenvalue weighted by Crippen LogP contribution is 2.59. The summed E-state index contributed by atoms with van der Waals surface area (Å²) in [5.74, 6) is 0. The first-order valence-electron chi connectivity index (χ1n) is 31.1. The molecule has 81 heavy (non-hydrogen) atoms. The minimum Gasteiger partial charge on any atom is -0.0654 e. The molecule has 0 amide bonds. The monoisotopic (exact) mass is 1050 g/mol. The fourth-order valence-corrected chi connectivity index (χ4v) is 14.5. The van der Waals surface area contributed by atoms with Crippen molar-refractivity contribution in [1.29, 1.82) is 0 Å². The predicted octanol–water partition coefficient (Wildman–Crippen LogP) is 23.5. The van der Waals surface area contributed by atoms with Crippen LogP contribution in [-0.2, 0) is 31.1 Å². The minimum absolute atomic E-state index is 0.170. The second-order valence-corrected chi connectivity index (χ2v) is 22.7.